The minimum absolute atomic E-state index is 0.0262. The Morgan fingerprint density at radius 3 is 2.59 bits per heavy atom. The van der Waals surface area contributed by atoms with E-state index >= 15 is 0 Å². The van der Waals surface area contributed by atoms with E-state index in [-0.39, 0.29) is 11.9 Å². The molecular formula is C10H14Br3N3O. The van der Waals surface area contributed by atoms with E-state index in [1.54, 1.807) is 4.68 Å². The fourth-order valence-electron chi connectivity index (χ4n) is 1.27. The smallest absolute Gasteiger partial charge is 0.244 e. The van der Waals surface area contributed by atoms with Crippen molar-refractivity contribution in [1.82, 2.24) is 15.1 Å². The van der Waals surface area contributed by atoms with Gasteiger partial charge in [0, 0.05) is 6.54 Å². The third-order valence-corrected chi connectivity index (χ3v) is 5.47. The number of hydrogen-bond acceptors (Lipinski definition) is 2. The number of nitrogens with one attached hydrogen (secondary N) is 1. The summed E-state index contributed by atoms with van der Waals surface area (Å²) in [5.74, 6) is -0.0262. The highest BCUT2D eigenvalue weighted by atomic mass is 79.9. The molecule has 1 amide bonds. The predicted octanol–water partition coefficient (Wildman–Crippen LogP) is 3.65. The van der Waals surface area contributed by atoms with Crippen LogP contribution in [0.2, 0.25) is 0 Å². The molecule has 0 bridgehead atoms. The second kappa shape index (κ2) is 6.89. The highest BCUT2D eigenvalue weighted by Gasteiger charge is 2.21. The third-order valence-electron chi connectivity index (χ3n) is 2.33. The zero-order valence-corrected chi connectivity index (χ0v) is 14.4. The molecule has 17 heavy (non-hydrogen) atoms. The van der Waals surface area contributed by atoms with Crippen molar-refractivity contribution in [3.63, 3.8) is 0 Å². The summed E-state index contributed by atoms with van der Waals surface area (Å²) in [4.78, 5) is 11.9. The lowest BCUT2D eigenvalue weighted by Gasteiger charge is -2.13. The molecule has 0 spiro atoms. The second-order valence-corrected chi connectivity index (χ2v) is 5.96. The molecule has 1 N–H and O–H groups in total. The van der Waals surface area contributed by atoms with Crippen LogP contribution in [-0.4, -0.2) is 22.2 Å². The number of amides is 1. The van der Waals surface area contributed by atoms with Crippen LogP contribution in [0, 0.1) is 0 Å². The Hall–Kier alpha value is 0.120. The van der Waals surface area contributed by atoms with E-state index in [4.69, 9.17) is 0 Å². The SMILES string of the molecule is CCCCNC(=O)C(C)n1nc(Br)c(Br)c1Br. The molecule has 0 saturated heterocycles. The van der Waals surface area contributed by atoms with E-state index < -0.39 is 0 Å². The van der Waals surface area contributed by atoms with Gasteiger partial charge >= 0.3 is 0 Å². The second-order valence-electron chi connectivity index (χ2n) is 3.66. The molecule has 0 saturated carbocycles. The summed E-state index contributed by atoms with van der Waals surface area (Å²) in [5.41, 5.74) is 0. The first-order chi connectivity index (χ1) is 7.99. The average molecular weight is 432 g/mol. The number of rotatable bonds is 5. The van der Waals surface area contributed by atoms with E-state index in [0.717, 1.165) is 21.9 Å². The molecule has 1 rings (SSSR count). The van der Waals surface area contributed by atoms with Crippen LogP contribution in [0.1, 0.15) is 32.7 Å². The van der Waals surface area contributed by atoms with Crippen LogP contribution in [0.5, 0.6) is 0 Å². The molecule has 1 aromatic rings. The molecule has 0 aliphatic heterocycles. The lowest BCUT2D eigenvalue weighted by Crippen LogP contribution is -2.32. The van der Waals surface area contributed by atoms with Crippen molar-refractivity contribution in [2.24, 2.45) is 0 Å². The molecule has 1 unspecified atom stereocenters. The van der Waals surface area contributed by atoms with Crippen LogP contribution in [-0.2, 0) is 4.79 Å². The quantitative estimate of drug-likeness (QED) is 0.723. The molecule has 1 atom stereocenters. The van der Waals surface area contributed by atoms with Gasteiger partial charge in [0.2, 0.25) is 5.91 Å². The van der Waals surface area contributed by atoms with Crippen molar-refractivity contribution >= 4 is 53.7 Å². The minimum Gasteiger partial charge on any atom is -0.354 e. The summed E-state index contributed by atoms with van der Waals surface area (Å²) in [5, 5.41) is 7.12. The number of nitrogens with zero attached hydrogens (tertiary/aromatic N) is 2. The van der Waals surface area contributed by atoms with E-state index in [1.807, 2.05) is 6.92 Å². The summed E-state index contributed by atoms with van der Waals surface area (Å²) in [6.45, 7) is 4.62. The maximum absolute atomic E-state index is 11.9. The van der Waals surface area contributed by atoms with Crippen molar-refractivity contribution in [2.45, 2.75) is 32.7 Å². The van der Waals surface area contributed by atoms with Gasteiger partial charge in [-0.15, -0.1) is 0 Å². The first-order valence-corrected chi connectivity index (χ1v) is 7.73. The molecule has 96 valence electrons. The number of carbonyl (C=O) groups is 1. The Kier molecular flexibility index (Phi) is 6.16. The summed E-state index contributed by atoms with van der Waals surface area (Å²) in [7, 11) is 0. The first kappa shape index (κ1) is 15.2. The molecule has 4 nitrogen and oxygen atoms in total. The van der Waals surface area contributed by atoms with Gasteiger partial charge in [0.25, 0.3) is 0 Å². The van der Waals surface area contributed by atoms with Gasteiger partial charge in [0.05, 0.1) is 4.47 Å². The van der Waals surface area contributed by atoms with Gasteiger partial charge in [-0.05, 0) is 61.1 Å². The molecular weight excluding hydrogens is 418 g/mol. The van der Waals surface area contributed by atoms with E-state index in [1.165, 1.54) is 0 Å². The Balaban J connectivity index is 2.71. The van der Waals surface area contributed by atoms with Crippen molar-refractivity contribution in [3.8, 4) is 0 Å². The third kappa shape index (κ3) is 3.79. The number of unbranched alkanes of at least 4 members (excludes halogenated alkanes) is 1. The minimum atomic E-state index is -0.344. The fourth-order valence-corrected chi connectivity index (χ4v) is 2.73. The van der Waals surface area contributed by atoms with Gasteiger partial charge in [0.1, 0.15) is 15.2 Å². The predicted molar refractivity (Wildman–Crippen MR) is 78.0 cm³/mol. The number of aromatic nitrogens is 2. The van der Waals surface area contributed by atoms with Crippen LogP contribution < -0.4 is 5.32 Å². The van der Waals surface area contributed by atoms with Crippen molar-refractivity contribution < 1.29 is 4.79 Å². The molecule has 7 heteroatoms. The average Bonchev–Trinajstić information content (AvgIpc) is 2.56. The Bertz CT molecular complexity index is 406. The van der Waals surface area contributed by atoms with Gasteiger partial charge in [-0.1, -0.05) is 13.3 Å². The van der Waals surface area contributed by atoms with E-state index in [0.29, 0.717) is 11.1 Å². The van der Waals surface area contributed by atoms with Crippen LogP contribution in [0.15, 0.2) is 13.7 Å². The number of hydrogen-bond donors (Lipinski definition) is 1. The monoisotopic (exact) mass is 429 g/mol. The molecule has 1 heterocycles. The summed E-state index contributed by atoms with van der Waals surface area (Å²) >= 11 is 10.1. The standard InChI is InChI=1S/C10H14Br3N3O/c1-3-4-5-14-10(17)6(2)16-9(13)7(11)8(12)15-16/h6H,3-5H2,1-2H3,(H,14,17). The Morgan fingerprint density at radius 1 is 1.47 bits per heavy atom. The molecule has 1 aromatic heterocycles. The van der Waals surface area contributed by atoms with Crippen molar-refractivity contribution in [2.75, 3.05) is 6.54 Å². The molecule has 0 aromatic carbocycles. The lowest BCUT2D eigenvalue weighted by molar-refractivity contribution is -0.124. The fraction of sp³-hybridized carbons (Fsp3) is 0.600. The zero-order valence-electron chi connectivity index (χ0n) is 9.64. The highest BCUT2D eigenvalue weighted by molar-refractivity contribution is 9.14. The zero-order chi connectivity index (χ0) is 13.0. The summed E-state index contributed by atoms with van der Waals surface area (Å²) < 4.78 is 3.88. The van der Waals surface area contributed by atoms with Crippen molar-refractivity contribution in [1.29, 1.82) is 0 Å². The van der Waals surface area contributed by atoms with Gasteiger partial charge in [-0.3, -0.25) is 4.79 Å². The molecule has 0 aliphatic rings. The van der Waals surface area contributed by atoms with E-state index in [2.05, 4.69) is 65.1 Å². The van der Waals surface area contributed by atoms with E-state index in [9.17, 15) is 4.79 Å². The lowest BCUT2D eigenvalue weighted by atomic mass is 10.3. The molecule has 0 aliphatic carbocycles. The molecule has 0 fully saturated rings. The summed E-state index contributed by atoms with van der Waals surface area (Å²) in [6.07, 6.45) is 2.06. The van der Waals surface area contributed by atoms with Crippen LogP contribution in [0.25, 0.3) is 0 Å². The van der Waals surface area contributed by atoms with Crippen LogP contribution >= 0.6 is 47.8 Å². The van der Waals surface area contributed by atoms with Crippen molar-refractivity contribution in [3.05, 3.63) is 13.7 Å². The van der Waals surface area contributed by atoms with Gasteiger partial charge < -0.3 is 5.32 Å². The highest BCUT2D eigenvalue weighted by Crippen LogP contribution is 2.32. The Labute approximate surface area is 126 Å². The topological polar surface area (TPSA) is 46.9 Å². The molecule has 0 radical (unpaired) electrons. The summed E-state index contributed by atoms with van der Waals surface area (Å²) in [6, 6.07) is -0.344. The van der Waals surface area contributed by atoms with Gasteiger partial charge in [-0.25, -0.2) is 4.68 Å². The maximum atomic E-state index is 11.9. The van der Waals surface area contributed by atoms with Gasteiger partial charge in [0.15, 0.2) is 0 Å². The first-order valence-electron chi connectivity index (χ1n) is 5.35. The normalized spacial score (nSPS) is 12.5. The largest absolute Gasteiger partial charge is 0.354 e. The van der Waals surface area contributed by atoms with Crippen LogP contribution in [0.3, 0.4) is 0 Å². The van der Waals surface area contributed by atoms with Gasteiger partial charge in [-0.2, -0.15) is 5.10 Å². The number of carbonyl (C=O) groups excluding carboxylic acids is 1. The van der Waals surface area contributed by atoms with Crippen LogP contribution in [0.4, 0.5) is 0 Å². The maximum Gasteiger partial charge on any atom is 0.244 e. The Morgan fingerprint density at radius 2 is 2.12 bits per heavy atom. The number of halogens is 3.